The third-order valence-corrected chi connectivity index (χ3v) is 3.77. The van der Waals surface area contributed by atoms with Gasteiger partial charge in [0, 0.05) is 10.9 Å². The van der Waals surface area contributed by atoms with Gasteiger partial charge >= 0.3 is 0 Å². The Labute approximate surface area is 137 Å². The molecule has 0 fully saturated rings. The lowest BCUT2D eigenvalue weighted by Gasteiger charge is -2.06. The minimum absolute atomic E-state index is 0.0175. The van der Waals surface area contributed by atoms with Crippen molar-refractivity contribution in [1.29, 1.82) is 0 Å². The van der Waals surface area contributed by atoms with Gasteiger partial charge in [-0.15, -0.1) is 0 Å². The van der Waals surface area contributed by atoms with Gasteiger partial charge in [0.2, 0.25) is 0 Å². The van der Waals surface area contributed by atoms with E-state index in [4.69, 9.17) is 20.9 Å². The second-order valence-corrected chi connectivity index (χ2v) is 5.60. The third kappa shape index (κ3) is 2.57. The summed E-state index contributed by atoms with van der Waals surface area (Å²) in [6.45, 7) is 0.435. The normalized spacial score (nSPS) is 11.1. The zero-order chi connectivity index (χ0) is 15.7. The van der Waals surface area contributed by atoms with Crippen molar-refractivity contribution in [1.82, 2.24) is 5.16 Å². The van der Waals surface area contributed by atoms with Gasteiger partial charge in [0.05, 0.1) is 12.0 Å². The Morgan fingerprint density at radius 1 is 1.23 bits per heavy atom. The smallest absolute Gasteiger partial charge is 0.189 e. The van der Waals surface area contributed by atoms with Crippen molar-refractivity contribution in [3.8, 4) is 17.0 Å². The molecule has 7 heteroatoms. The lowest BCUT2D eigenvalue weighted by atomic mass is 10.1. The maximum absolute atomic E-state index is 13.9. The van der Waals surface area contributed by atoms with Gasteiger partial charge in [0.1, 0.15) is 16.5 Å². The highest BCUT2D eigenvalue weighted by Gasteiger charge is 2.20. The standard InChI is InChI=1S/C15H9BrClF2NO2/c16-6-7-21-11-5-4-9-14(20-22-15(9)12(11)17)8-2-1-3-10(18)13(8)19/h1-5H,6-7H2. The molecule has 0 radical (unpaired) electrons. The van der Waals surface area contributed by atoms with Crippen LogP contribution < -0.4 is 4.74 Å². The van der Waals surface area contributed by atoms with Gasteiger partial charge in [-0.05, 0) is 24.3 Å². The maximum atomic E-state index is 13.9. The quantitative estimate of drug-likeness (QED) is 0.576. The predicted molar refractivity (Wildman–Crippen MR) is 83.7 cm³/mol. The lowest BCUT2D eigenvalue weighted by Crippen LogP contribution is -1.98. The Morgan fingerprint density at radius 2 is 2.05 bits per heavy atom. The number of halogens is 4. The second-order valence-electron chi connectivity index (χ2n) is 4.42. The zero-order valence-electron chi connectivity index (χ0n) is 11.1. The monoisotopic (exact) mass is 387 g/mol. The van der Waals surface area contributed by atoms with E-state index < -0.39 is 11.6 Å². The van der Waals surface area contributed by atoms with Crippen LogP contribution in [0.1, 0.15) is 0 Å². The van der Waals surface area contributed by atoms with E-state index in [1.165, 1.54) is 12.1 Å². The summed E-state index contributed by atoms with van der Waals surface area (Å²) in [6.07, 6.45) is 0. The van der Waals surface area contributed by atoms with Crippen molar-refractivity contribution in [3.05, 3.63) is 47.0 Å². The van der Waals surface area contributed by atoms with Gasteiger partial charge in [-0.25, -0.2) is 8.78 Å². The Kier molecular flexibility index (Phi) is 4.31. The Balaban J connectivity index is 2.13. The third-order valence-electron chi connectivity index (χ3n) is 3.09. The van der Waals surface area contributed by atoms with Gasteiger partial charge in [-0.2, -0.15) is 0 Å². The molecule has 3 rings (SSSR count). The highest BCUT2D eigenvalue weighted by atomic mass is 79.9. The summed E-state index contributed by atoms with van der Waals surface area (Å²) < 4.78 is 37.9. The summed E-state index contributed by atoms with van der Waals surface area (Å²) in [6, 6.07) is 7.18. The number of hydrogen-bond acceptors (Lipinski definition) is 3. The topological polar surface area (TPSA) is 35.3 Å². The van der Waals surface area contributed by atoms with Crippen molar-refractivity contribution in [2.45, 2.75) is 0 Å². The van der Waals surface area contributed by atoms with Crippen LogP contribution in [0.25, 0.3) is 22.2 Å². The molecule has 0 unspecified atom stereocenters. The van der Waals surface area contributed by atoms with Crippen molar-refractivity contribution in [2.24, 2.45) is 0 Å². The molecule has 0 saturated carbocycles. The first kappa shape index (κ1) is 15.2. The molecular formula is C15H9BrClF2NO2. The molecule has 1 heterocycles. The first-order valence-electron chi connectivity index (χ1n) is 6.34. The van der Waals surface area contributed by atoms with Crippen LogP contribution in [0.3, 0.4) is 0 Å². The van der Waals surface area contributed by atoms with Crippen molar-refractivity contribution < 1.29 is 18.0 Å². The van der Waals surface area contributed by atoms with Crippen LogP contribution in [0.4, 0.5) is 8.78 Å². The average molecular weight is 389 g/mol. The molecule has 0 amide bonds. The minimum Gasteiger partial charge on any atom is -0.491 e. The fraction of sp³-hybridized carbons (Fsp3) is 0.133. The van der Waals surface area contributed by atoms with Crippen molar-refractivity contribution in [2.75, 3.05) is 11.9 Å². The van der Waals surface area contributed by atoms with E-state index in [1.54, 1.807) is 12.1 Å². The molecule has 0 N–H and O–H groups in total. The van der Waals surface area contributed by atoms with Gasteiger partial charge in [0.25, 0.3) is 0 Å². The largest absolute Gasteiger partial charge is 0.491 e. The van der Waals surface area contributed by atoms with E-state index in [9.17, 15) is 8.78 Å². The molecule has 0 atom stereocenters. The predicted octanol–water partition coefficient (Wildman–Crippen LogP) is 5.20. The Morgan fingerprint density at radius 3 is 2.82 bits per heavy atom. The summed E-state index contributed by atoms with van der Waals surface area (Å²) in [5, 5.41) is 5.20. The molecule has 2 aromatic carbocycles. The summed E-state index contributed by atoms with van der Waals surface area (Å²) in [4.78, 5) is 0. The van der Waals surface area contributed by atoms with Crippen LogP contribution in [0.15, 0.2) is 34.9 Å². The van der Waals surface area contributed by atoms with Crippen LogP contribution in [-0.2, 0) is 0 Å². The first-order valence-corrected chi connectivity index (χ1v) is 7.84. The first-order chi connectivity index (χ1) is 10.6. The van der Waals surface area contributed by atoms with Gasteiger partial charge < -0.3 is 9.26 Å². The molecule has 3 nitrogen and oxygen atoms in total. The molecule has 3 aromatic rings. The van der Waals surface area contributed by atoms with Gasteiger partial charge in [-0.3, -0.25) is 0 Å². The van der Waals surface area contributed by atoms with E-state index in [-0.39, 0.29) is 21.9 Å². The van der Waals surface area contributed by atoms with E-state index in [0.29, 0.717) is 23.1 Å². The molecule has 0 saturated heterocycles. The highest BCUT2D eigenvalue weighted by molar-refractivity contribution is 9.09. The van der Waals surface area contributed by atoms with Gasteiger partial charge in [-0.1, -0.05) is 38.8 Å². The number of rotatable bonds is 4. The van der Waals surface area contributed by atoms with Crippen LogP contribution in [-0.4, -0.2) is 17.1 Å². The summed E-state index contributed by atoms with van der Waals surface area (Å²) in [5.74, 6) is -1.48. The molecule has 114 valence electrons. The molecule has 0 aliphatic heterocycles. The minimum atomic E-state index is -0.978. The average Bonchev–Trinajstić information content (AvgIpc) is 2.94. The van der Waals surface area contributed by atoms with E-state index >= 15 is 0 Å². The lowest BCUT2D eigenvalue weighted by molar-refractivity contribution is 0.344. The summed E-state index contributed by atoms with van der Waals surface area (Å²) in [7, 11) is 0. The van der Waals surface area contributed by atoms with Crippen molar-refractivity contribution >= 4 is 38.5 Å². The number of fused-ring (bicyclic) bond motifs is 1. The van der Waals surface area contributed by atoms with Crippen LogP contribution in [0.5, 0.6) is 5.75 Å². The number of benzene rings is 2. The Bertz CT molecular complexity index is 838. The SMILES string of the molecule is Fc1cccc(-c2noc3c(Cl)c(OCCBr)ccc23)c1F. The molecule has 22 heavy (non-hydrogen) atoms. The van der Waals surface area contributed by atoms with Crippen molar-refractivity contribution in [3.63, 3.8) is 0 Å². The molecule has 0 aliphatic rings. The number of alkyl halides is 1. The van der Waals surface area contributed by atoms with E-state index in [1.807, 2.05) is 0 Å². The summed E-state index contributed by atoms with van der Waals surface area (Å²) in [5.41, 5.74) is 0.484. The molecule has 0 spiro atoms. The van der Waals surface area contributed by atoms with E-state index in [0.717, 1.165) is 6.07 Å². The Hall–Kier alpha value is -1.66. The highest BCUT2D eigenvalue weighted by Crippen LogP contribution is 2.38. The number of hydrogen-bond donors (Lipinski definition) is 0. The summed E-state index contributed by atoms with van der Waals surface area (Å²) >= 11 is 9.46. The fourth-order valence-corrected chi connectivity index (χ4v) is 2.51. The van der Waals surface area contributed by atoms with Crippen LogP contribution in [0, 0.1) is 11.6 Å². The fourth-order valence-electron chi connectivity index (χ4n) is 2.10. The molecular weight excluding hydrogens is 380 g/mol. The molecule has 0 aliphatic carbocycles. The number of nitrogens with zero attached hydrogens (tertiary/aromatic N) is 1. The van der Waals surface area contributed by atoms with Crippen LogP contribution in [0.2, 0.25) is 5.02 Å². The number of ether oxygens (including phenoxy) is 1. The second kappa shape index (κ2) is 6.22. The maximum Gasteiger partial charge on any atom is 0.189 e. The number of aromatic nitrogens is 1. The molecule has 1 aromatic heterocycles. The van der Waals surface area contributed by atoms with E-state index in [2.05, 4.69) is 21.1 Å². The molecule has 0 bridgehead atoms. The van der Waals surface area contributed by atoms with Crippen LogP contribution >= 0.6 is 27.5 Å². The van der Waals surface area contributed by atoms with Gasteiger partial charge in [0.15, 0.2) is 17.2 Å². The zero-order valence-corrected chi connectivity index (χ0v) is 13.4.